The Kier molecular flexibility index (Phi) is 8.14. The van der Waals surface area contributed by atoms with Crippen LogP contribution in [-0.4, -0.2) is 54.3 Å². The molecule has 0 unspecified atom stereocenters. The van der Waals surface area contributed by atoms with Crippen LogP contribution in [0.2, 0.25) is 0 Å². The number of hydrogen-bond donors (Lipinski definition) is 0. The molecular formula is C27H36N2O2. The number of rotatable bonds is 9. The zero-order valence-corrected chi connectivity index (χ0v) is 18.7. The van der Waals surface area contributed by atoms with E-state index in [1.54, 1.807) is 0 Å². The number of carbonyl (C=O) groups excluding carboxylic acids is 1. The Hall–Kier alpha value is -2.17. The molecule has 0 amide bonds. The summed E-state index contributed by atoms with van der Waals surface area (Å²) < 4.78 is 5.80. The second-order valence-electron chi connectivity index (χ2n) is 8.99. The Balaban J connectivity index is 1.12. The number of ether oxygens (including phenoxy) is 1. The molecule has 0 radical (unpaired) electrons. The standard InChI is InChI=1S/C27H36N2O2/c30-27(23-14-16-26(17-15-23)31-25-11-5-2-6-12-25)13-7-8-18-28-19-21-29(22-20-28)24-9-3-1-4-10-24/h2,5-6,11-12,14-17,24H,1,3-4,7-10,13,18-22H2. The van der Waals surface area contributed by atoms with Crippen molar-refractivity contribution in [2.24, 2.45) is 0 Å². The van der Waals surface area contributed by atoms with Gasteiger partial charge in [-0.1, -0.05) is 37.5 Å². The van der Waals surface area contributed by atoms with Gasteiger partial charge in [0.25, 0.3) is 0 Å². The lowest BCUT2D eigenvalue weighted by molar-refractivity contribution is 0.0777. The van der Waals surface area contributed by atoms with Crippen molar-refractivity contribution in [3.05, 3.63) is 60.2 Å². The van der Waals surface area contributed by atoms with Crippen LogP contribution in [0.5, 0.6) is 11.5 Å². The molecule has 2 aromatic carbocycles. The van der Waals surface area contributed by atoms with E-state index in [9.17, 15) is 4.79 Å². The first-order chi connectivity index (χ1) is 15.3. The quantitative estimate of drug-likeness (QED) is 0.380. The van der Waals surface area contributed by atoms with E-state index in [2.05, 4.69) is 9.80 Å². The minimum atomic E-state index is 0.230. The summed E-state index contributed by atoms with van der Waals surface area (Å²) in [7, 11) is 0. The first-order valence-electron chi connectivity index (χ1n) is 12.1. The Morgan fingerprint density at radius 1 is 0.806 bits per heavy atom. The third-order valence-corrected chi connectivity index (χ3v) is 6.78. The van der Waals surface area contributed by atoms with Crippen molar-refractivity contribution in [2.75, 3.05) is 32.7 Å². The van der Waals surface area contributed by atoms with Gasteiger partial charge in [-0.05, 0) is 68.6 Å². The first kappa shape index (κ1) is 22.0. The average molecular weight is 421 g/mol. The summed E-state index contributed by atoms with van der Waals surface area (Å²) in [6, 6.07) is 18.1. The van der Waals surface area contributed by atoms with Gasteiger partial charge in [0.15, 0.2) is 5.78 Å². The zero-order valence-electron chi connectivity index (χ0n) is 18.7. The predicted molar refractivity (Wildman–Crippen MR) is 126 cm³/mol. The number of carbonyl (C=O) groups is 1. The maximum atomic E-state index is 12.5. The van der Waals surface area contributed by atoms with Gasteiger partial charge in [0, 0.05) is 44.2 Å². The fourth-order valence-corrected chi connectivity index (χ4v) is 4.90. The molecule has 4 rings (SSSR count). The normalized spacial score (nSPS) is 18.7. The van der Waals surface area contributed by atoms with Crippen LogP contribution in [0.1, 0.15) is 61.7 Å². The molecule has 2 aliphatic rings. The number of benzene rings is 2. The molecule has 2 fully saturated rings. The molecule has 1 saturated carbocycles. The molecule has 0 spiro atoms. The topological polar surface area (TPSA) is 32.8 Å². The van der Waals surface area contributed by atoms with Crippen LogP contribution in [0.3, 0.4) is 0 Å². The minimum Gasteiger partial charge on any atom is -0.457 e. The van der Waals surface area contributed by atoms with Gasteiger partial charge in [0.2, 0.25) is 0 Å². The van der Waals surface area contributed by atoms with Crippen molar-refractivity contribution >= 4 is 5.78 Å². The molecule has 0 atom stereocenters. The van der Waals surface area contributed by atoms with E-state index >= 15 is 0 Å². The monoisotopic (exact) mass is 420 g/mol. The van der Waals surface area contributed by atoms with Gasteiger partial charge in [-0.25, -0.2) is 0 Å². The van der Waals surface area contributed by atoms with Crippen molar-refractivity contribution in [1.29, 1.82) is 0 Å². The Labute approximate surface area is 187 Å². The van der Waals surface area contributed by atoms with E-state index in [0.29, 0.717) is 6.42 Å². The fraction of sp³-hybridized carbons (Fsp3) is 0.519. The van der Waals surface area contributed by atoms with E-state index in [-0.39, 0.29) is 5.78 Å². The number of piperazine rings is 1. The number of hydrogen-bond acceptors (Lipinski definition) is 4. The molecule has 4 nitrogen and oxygen atoms in total. The molecule has 1 saturated heterocycles. The van der Waals surface area contributed by atoms with Crippen LogP contribution < -0.4 is 4.74 Å². The zero-order chi connectivity index (χ0) is 21.3. The van der Waals surface area contributed by atoms with Crippen molar-refractivity contribution in [3.63, 3.8) is 0 Å². The molecule has 0 aromatic heterocycles. The third kappa shape index (κ3) is 6.65. The smallest absolute Gasteiger partial charge is 0.162 e. The van der Waals surface area contributed by atoms with Gasteiger partial charge >= 0.3 is 0 Å². The van der Waals surface area contributed by atoms with Gasteiger partial charge < -0.3 is 9.64 Å². The summed E-state index contributed by atoms with van der Waals surface area (Å²) in [6.07, 6.45) is 9.77. The number of unbranched alkanes of at least 4 members (excludes halogenated alkanes) is 1. The van der Waals surface area contributed by atoms with Crippen molar-refractivity contribution in [3.8, 4) is 11.5 Å². The van der Waals surface area contributed by atoms with Gasteiger partial charge in [0.1, 0.15) is 11.5 Å². The molecule has 0 N–H and O–H groups in total. The molecule has 166 valence electrons. The van der Waals surface area contributed by atoms with E-state index < -0.39 is 0 Å². The number of nitrogens with zero attached hydrogens (tertiary/aromatic N) is 2. The second kappa shape index (κ2) is 11.4. The van der Waals surface area contributed by atoms with E-state index in [4.69, 9.17) is 4.74 Å². The third-order valence-electron chi connectivity index (χ3n) is 6.78. The number of ketones is 1. The Morgan fingerprint density at radius 2 is 1.48 bits per heavy atom. The lowest BCUT2D eigenvalue weighted by atomic mass is 9.94. The first-order valence-corrected chi connectivity index (χ1v) is 12.1. The van der Waals surface area contributed by atoms with Crippen molar-refractivity contribution in [1.82, 2.24) is 9.80 Å². The SMILES string of the molecule is O=C(CCCCN1CCN(C2CCCCC2)CC1)c1ccc(Oc2ccccc2)cc1. The molecule has 1 aliphatic heterocycles. The lowest BCUT2D eigenvalue weighted by Crippen LogP contribution is -2.50. The Bertz CT molecular complexity index is 792. The van der Waals surface area contributed by atoms with E-state index in [1.165, 1.54) is 58.3 Å². The molecule has 31 heavy (non-hydrogen) atoms. The van der Waals surface area contributed by atoms with Gasteiger partial charge in [-0.3, -0.25) is 9.69 Å². The van der Waals surface area contributed by atoms with Crippen molar-refractivity contribution in [2.45, 2.75) is 57.4 Å². The van der Waals surface area contributed by atoms with Gasteiger partial charge in [-0.15, -0.1) is 0 Å². The largest absolute Gasteiger partial charge is 0.457 e. The molecule has 0 bridgehead atoms. The van der Waals surface area contributed by atoms with E-state index in [0.717, 1.165) is 42.5 Å². The molecule has 2 aromatic rings. The summed E-state index contributed by atoms with van der Waals surface area (Å²) in [5.41, 5.74) is 0.779. The summed E-state index contributed by atoms with van der Waals surface area (Å²) >= 11 is 0. The lowest BCUT2D eigenvalue weighted by Gasteiger charge is -2.40. The van der Waals surface area contributed by atoms with Gasteiger partial charge in [-0.2, -0.15) is 0 Å². The molecule has 1 aliphatic carbocycles. The molecule has 1 heterocycles. The van der Waals surface area contributed by atoms with Crippen molar-refractivity contribution < 1.29 is 9.53 Å². The van der Waals surface area contributed by atoms with Gasteiger partial charge in [0.05, 0.1) is 0 Å². The summed E-state index contributed by atoms with van der Waals surface area (Å²) in [4.78, 5) is 17.8. The maximum Gasteiger partial charge on any atom is 0.162 e. The molecular weight excluding hydrogens is 384 g/mol. The summed E-state index contributed by atoms with van der Waals surface area (Å²) in [5.74, 6) is 1.80. The van der Waals surface area contributed by atoms with Crippen LogP contribution in [0, 0.1) is 0 Å². The number of para-hydroxylation sites is 1. The summed E-state index contributed by atoms with van der Waals surface area (Å²) in [5, 5.41) is 0. The highest BCUT2D eigenvalue weighted by molar-refractivity contribution is 5.96. The highest BCUT2D eigenvalue weighted by Gasteiger charge is 2.24. The minimum absolute atomic E-state index is 0.230. The van der Waals surface area contributed by atoms with E-state index in [1.807, 2.05) is 54.6 Å². The highest BCUT2D eigenvalue weighted by atomic mass is 16.5. The van der Waals surface area contributed by atoms with Crippen LogP contribution in [0.25, 0.3) is 0 Å². The predicted octanol–water partition coefficient (Wildman–Crippen LogP) is 5.78. The maximum absolute atomic E-state index is 12.5. The average Bonchev–Trinajstić information content (AvgIpc) is 2.84. The fourth-order valence-electron chi connectivity index (χ4n) is 4.90. The number of Topliss-reactive ketones (excluding diaryl/α,β-unsaturated/α-hetero) is 1. The van der Waals surface area contributed by atoms with Crippen LogP contribution in [0.15, 0.2) is 54.6 Å². The van der Waals surface area contributed by atoms with Crippen LogP contribution in [0.4, 0.5) is 0 Å². The van der Waals surface area contributed by atoms with Crippen LogP contribution in [-0.2, 0) is 0 Å². The molecule has 4 heteroatoms. The summed E-state index contributed by atoms with van der Waals surface area (Å²) in [6.45, 7) is 5.94. The second-order valence-corrected chi connectivity index (χ2v) is 8.99. The Morgan fingerprint density at radius 3 is 2.19 bits per heavy atom. The van der Waals surface area contributed by atoms with Crippen LogP contribution >= 0.6 is 0 Å². The highest BCUT2D eigenvalue weighted by Crippen LogP contribution is 2.24.